The van der Waals surface area contributed by atoms with Gasteiger partial charge in [0.1, 0.15) is 6.54 Å². The van der Waals surface area contributed by atoms with E-state index in [2.05, 4.69) is 5.32 Å². The Bertz CT molecular complexity index is 425. The van der Waals surface area contributed by atoms with Crippen molar-refractivity contribution in [1.82, 2.24) is 5.32 Å². The number of carbonyl (C=O) groups excluding carboxylic acids is 1. The monoisotopic (exact) mass is 244 g/mol. The molecule has 7 heteroatoms. The van der Waals surface area contributed by atoms with Crippen LogP contribution in [0.1, 0.15) is 10.4 Å². The van der Waals surface area contributed by atoms with Crippen molar-refractivity contribution in [3.8, 4) is 0 Å². The molecule has 0 aliphatic heterocycles. The molecule has 0 atom stereocenters. The number of benzene rings is 1. The number of aliphatic carboxylic acids is 1. The lowest BCUT2D eigenvalue weighted by Crippen LogP contribution is -2.29. The van der Waals surface area contributed by atoms with Crippen molar-refractivity contribution in [3.05, 3.63) is 23.8 Å². The minimum absolute atomic E-state index is 0.0167. The Hall–Kier alpha value is -1.76. The number of nitrogen functional groups attached to an aromatic ring is 1. The van der Waals surface area contributed by atoms with Gasteiger partial charge in [-0.2, -0.15) is 3.89 Å². The topological polar surface area (TPSA) is 92.4 Å². The third kappa shape index (κ3) is 3.13. The van der Waals surface area contributed by atoms with Gasteiger partial charge in [0.2, 0.25) is 0 Å². The summed E-state index contributed by atoms with van der Waals surface area (Å²) in [5.41, 5.74) is 5.79. The number of carbonyl (C=O) groups is 2. The number of hydrogen-bond acceptors (Lipinski definition) is 4. The first kappa shape index (κ1) is 12.3. The molecule has 0 saturated heterocycles. The molecule has 1 rings (SSSR count). The summed E-state index contributed by atoms with van der Waals surface area (Å²) in [4.78, 5) is 21.8. The van der Waals surface area contributed by atoms with Crippen LogP contribution in [-0.2, 0) is 4.79 Å². The van der Waals surface area contributed by atoms with E-state index in [1.54, 1.807) is 0 Å². The number of anilines is 1. The van der Waals surface area contributed by atoms with Gasteiger partial charge >= 0.3 is 5.97 Å². The van der Waals surface area contributed by atoms with Crippen LogP contribution in [0.5, 0.6) is 0 Å². The highest BCUT2D eigenvalue weighted by atomic mass is 32.2. The fourth-order valence-electron chi connectivity index (χ4n) is 1.02. The SMILES string of the molecule is Nc1cc(C(=O)NCC(=O)O)ccc1SF. The molecular weight excluding hydrogens is 235 g/mol. The Morgan fingerprint density at radius 1 is 1.50 bits per heavy atom. The predicted molar refractivity (Wildman–Crippen MR) is 57.8 cm³/mol. The molecule has 5 nitrogen and oxygen atoms in total. The van der Waals surface area contributed by atoms with E-state index in [-0.39, 0.29) is 28.3 Å². The van der Waals surface area contributed by atoms with Crippen LogP contribution in [0.25, 0.3) is 0 Å². The number of nitrogens with one attached hydrogen (secondary N) is 1. The van der Waals surface area contributed by atoms with Gasteiger partial charge in [0, 0.05) is 11.3 Å². The Morgan fingerprint density at radius 2 is 2.19 bits per heavy atom. The van der Waals surface area contributed by atoms with Gasteiger partial charge < -0.3 is 16.2 Å². The lowest BCUT2D eigenvalue weighted by molar-refractivity contribution is -0.135. The minimum Gasteiger partial charge on any atom is -0.480 e. The van der Waals surface area contributed by atoms with E-state index in [4.69, 9.17) is 10.8 Å². The highest BCUT2D eigenvalue weighted by molar-refractivity contribution is 7.94. The van der Waals surface area contributed by atoms with Gasteiger partial charge in [-0.25, -0.2) is 0 Å². The predicted octanol–water partition coefficient (Wildman–Crippen LogP) is 1.06. The van der Waals surface area contributed by atoms with E-state index in [9.17, 15) is 13.5 Å². The fourth-order valence-corrected chi connectivity index (χ4v) is 1.29. The Morgan fingerprint density at radius 3 is 2.69 bits per heavy atom. The summed E-state index contributed by atoms with van der Waals surface area (Å²) in [7, 11) is 0. The Balaban J connectivity index is 2.77. The van der Waals surface area contributed by atoms with Gasteiger partial charge in [0.05, 0.1) is 17.0 Å². The highest BCUT2D eigenvalue weighted by Gasteiger charge is 2.09. The molecular formula is C9H9FN2O3S. The molecule has 0 unspecified atom stereocenters. The maximum absolute atomic E-state index is 12.2. The second-order valence-corrected chi connectivity index (χ2v) is 3.50. The molecule has 1 amide bonds. The van der Waals surface area contributed by atoms with Crippen molar-refractivity contribution in [2.75, 3.05) is 12.3 Å². The molecule has 0 bridgehead atoms. The van der Waals surface area contributed by atoms with Crippen LogP contribution < -0.4 is 11.1 Å². The highest BCUT2D eigenvalue weighted by Crippen LogP contribution is 2.26. The van der Waals surface area contributed by atoms with Gasteiger partial charge in [-0.05, 0) is 18.2 Å². The molecule has 1 aromatic rings. The number of hydrogen-bond donors (Lipinski definition) is 3. The number of amides is 1. The molecule has 4 N–H and O–H groups in total. The summed E-state index contributed by atoms with van der Waals surface area (Å²) < 4.78 is 12.2. The summed E-state index contributed by atoms with van der Waals surface area (Å²) in [6.07, 6.45) is 0. The standard InChI is InChI=1S/C9H9FN2O3S/c10-16-7-2-1-5(3-6(7)11)9(15)12-4-8(13)14/h1-3H,4,11H2,(H,12,15)(H,13,14). The molecule has 0 spiro atoms. The Kier molecular flexibility index (Phi) is 4.12. The first-order chi connectivity index (χ1) is 7.54. The van der Waals surface area contributed by atoms with E-state index in [0.717, 1.165) is 0 Å². The third-order valence-electron chi connectivity index (χ3n) is 1.76. The molecule has 0 fully saturated rings. The second-order valence-electron chi connectivity index (χ2n) is 2.91. The van der Waals surface area contributed by atoms with Crippen LogP contribution in [-0.4, -0.2) is 23.5 Å². The molecule has 0 radical (unpaired) electrons. The first-order valence-corrected chi connectivity index (χ1v) is 4.94. The Labute approximate surface area is 95.1 Å². The van der Waals surface area contributed by atoms with Crippen LogP contribution in [0.3, 0.4) is 0 Å². The molecule has 0 heterocycles. The number of carboxylic acid groups (broad SMARTS) is 1. The van der Waals surface area contributed by atoms with Crippen molar-refractivity contribution in [3.63, 3.8) is 0 Å². The van der Waals surface area contributed by atoms with Gasteiger partial charge in [-0.1, -0.05) is 0 Å². The van der Waals surface area contributed by atoms with Crippen LogP contribution in [0.4, 0.5) is 9.57 Å². The van der Waals surface area contributed by atoms with E-state index in [0.29, 0.717) is 0 Å². The third-order valence-corrected chi connectivity index (χ3v) is 2.29. The van der Waals surface area contributed by atoms with Gasteiger partial charge in [-0.15, -0.1) is 0 Å². The number of rotatable bonds is 4. The van der Waals surface area contributed by atoms with Crippen molar-refractivity contribution < 1.29 is 18.6 Å². The van der Waals surface area contributed by atoms with Crippen molar-refractivity contribution in [2.24, 2.45) is 0 Å². The van der Waals surface area contributed by atoms with Crippen molar-refractivity contribution in [2.45, 2.75) is 4.90 Å². The maximum atomic E-state index is 12.2. The minimum atomic E-state index is -1.14. The van der Waals surface area contributed by atoms with Crippen molar-refractivity contribution in [1.29, 1.82) is 0 Å². The molecule has 1 aromatic carbocycles. The van der Waals surface area contributed by atoms with Crippen LogP contribution in [0.15, 0.2) is 23.1 Å². The zero-order chi connectivity index (χ0) is 12.1. The molecule has 0 aliphatic rings. The van der Waals surface area contributed by atoms with Gasteiger partial charge in [-0.3, -0.25) is 9.59 Å². The van der Waals surface area contributed by atoms with Crippen LogP contribution in [0, 0.1) is 0 Å². The maximum Gasteiger partial charge on any atom is 0.322 e. The summed E-state index contributed by atoms with van der Waals surface area (Å²) in [6, 6.07) is 4.02. The zero-order valence-electron chi connectivity index (χ0n) is 8.07. The molecule has 86 valence electrons. The summed E-state index contributed by atoms with van der Waals surface area (Å²) in [5, 5.41) is 10.5. The smallest absolute Gasteiger partial charge is 0.322 e. The quantitative estimate of drug-likeness (QED) is 0.689. The molecule has 16 heavy (non-hydrogen) atoms. The number of nitrogens with two attached hydrogens (primary N) is 1. The molecule has 0 saturated carbocycles. The zero-order valence-corrected chi connectivity index (χ0v) is 8.88. The average Bonchev–Trinajstić information content (AvgIpc) is 2.25. The van der Waals surface area contributed by atoms with Gasteiger partial charge in [0.25, 0.3) is 5.91 Å². The second kappa shape index (κ2) is 5.36. The number of carboxylic acids is 1. The summed E-state index contributed by atoms with van der Waals surface area (Å²) in [6.45, 7) is -0.474. The van der Waals surface area contributed by atoms with Crippen LogP contribution in [0.2, 0.25) is 0 Å². The summed E-state index contributed by atoms with van der Waals surface area (Å²) >= 11 is -0.0167. The van der Waals surface area contributed by atoms with E-state index in [1.165, 1.54) is 18.2 Å². The fraction of sp³-hybridized carbons (Fsp3) is 0.111. The number of halogens is 1. The van der Waals surface area contributed by atoms with Gasteiger partial charge in [0.15, 0.2) is 0 Å². The molecule has 0 aliphatic carbocycles. The lowest BCUT2D eigenvalue weighted by atomic mass is 10.2. The van der Waals surface area contributed by atoms with E-state index < -0.39 is 18.4 Å². The normalized spacial score (nSPS) is 9.81. The van der Waals surface area contributed by atoms with E-state index in [1.807, 2.05) is 0 Å². The van der Waals surface area contributed by atoms with E-state index >= 15 is 0 Å². The lowest BCUT2D eigenvalue weighted by Gasteiger charge is -2.05. The van der Waals surface area contributed by atoms with Crippen LogP contribution >= 0.6 is 12.1 Å². The summed E-state index contributed by atoms with van der Waals surface area (Å²) in [5.74, 6) is -1.71. The van der Waals surface area contributed by atoms with Crippen molar-refractivity contribution >= 4 is 29.7 Å². The largest absolute Gasteiger partial charge is 0.480 e. The first-order valence-electron chi connectivity index (χ1n) is 4.22. The molecule has 0 aromatic heterocycles. The average molecular weight is 244 g/mol.